The number of rotatable bonds is 6. The summed E-state index contributed by atoms with van der Waals surface area (Å²) in [7, 11) is -2.32. The molecular formula is C20H21NO6S. The molecule has 0 aromatic heterocycles. The van der Waals surface area contributed by atoms with Crippen LogP contribution in [0.5, 0.6) is 11.5 Å². The summed E-state index contributed by atoms with van der Waals surface area (Å²) in [4.78, 5) is 12.0. The second kappa shape index (κ2) is 9.01. The van der Waals surface area contributed by atoms with E-state index in [4.69, 9.17) is 14.2 Å². The van der Waals surface area contributed by atoms with Crippen LogP contribution < -0.4 is 9.47 Å². The molecule has 1 aliphatic heterocycles. The number of morpholine rings is 1. The van der Waals surface area contributed by atoms with Gasteiger partial charge in [-0.25, -0.2) is 13.2 Å². The van der Waals surface area contributed by atoms with Crippen molar-refractivity contribution in [3.05, 3.63) is 60.2 Å². The second-order valence-electron chi connectivity index (χ2n) is 5.99. The van der Waals surface area contributed by atoms with E-state index in [0.29, 0.717) is 24.5 Å². The first-order chi connectivity index (χ1) is 13.5. The maximum absolute atomic E-state index is 13.0. The molecule has 0 unspecified atom stereocenters. The highest BCUT2D eigenvalue weighted by molar-refractivity contribution is 7.89. The van der Waals surface area contributed by atoms with Gasteiger partial charge in [-0.2, -0.15) is 4.31 Å². The van der Waals surface area contributed by atoms with Gasteiger partial charge in [0.25, 0.3) is 0 Å². The highest BCUT2D eigenvalue weighted by Gasteiger charge is 2.29. The molecule has 0 spiro atoms. The average molecular weight is 403 g/mol. The summed E-state index contributed by atoms with van der Waals surface area (Å²) in [5, 5.41) is 0. The van der Waals surface area contributed by atoms with Crippen LogP contribution in [0.2, 0.25) is 0 Å². The third kappa shape index (κ3) is 4.78. The van der Waals surface area contributed by atoms with Gasteiger partial charge in [-0.15, -0.1) is 0 Å². The number of esters is 1. The third-order valence-electron chi connectivity index (χ3n) is 4.15. The van der Waals surface area contributed by atoms with Gasteiger partial charge >= 0.3 is 5.97 Å². The summed E-state index contributed by atoms with van der Waals surface area (Å²) >= 11 is 0. The Morgan fingerprint density at radius 1 is 1.11 bits per heavy atom. The quantitative estimate of drug-likeness (QED) is 0.418. The second-order valence-corrected chi connectivity index (χ2v) is 7.90. The number of ether oxygens (including phenoxy) is 3. The van der Waals surface area contributed by atoms with E-state index in [2.05, 4.69) is 0 Å². The zero-order valence-electron chi connectivity index (χ0n) is 15.4. The fraction of sp³-hybridized carbons (Fsp3) is 0.250. The number of nitrogens with zero attached hydrogens (tertiary/aromatic N) is 1. The van der Waals surface area contributed by atoms with E-state index in [1.807, 2.05) is 6.07 Å². The molecule has 0 N–H and O–H groups in total. The lowest BCUT2D eigenvalue weighted by molar-refractivity contribution is -0.128. The Kier molecular flexibility index (Phi) is 6.45. The Labute approximate surface area is 164 Å². The molecule has 0 bridgehead atoms. The molecule has 2 aromatic rings. The smallest absolute Gasteiger partial charge is 0.336 e. The van der Waals surface area contributed by atoms with Crippen LogP contribution in [0.3, 0.4) is 0 Å². The summed E-state index contributed by atoms with van der Waals surface area (Å²) < 4.78 is 42.9. The van der Waals surface area contributed by atoms with E-state index >= 15 is 0 Å². The van der Waals surface area contributed by atoms with Gasteiger partial charge in [-0.05, 0) is 35.9 Å². The molecule has 0 amide bonds. The van der Waals surface area contributed by atoms with Crippen molar-refractivity contribution in [3.63, 3.8) is 0 Å². The molecule has 3 rings (SSSR count). The van der Waals surface area contributed by atoms with Crippen LogP contribution in [0.15, 0.2) is 59.5 Å². The molecule has 0 atom stereocenters. The molecule has 7 nitrogen and oxygen atoms in total. The minimum absolute atomic E-state index is 0.0514. The zero-order valence-corrected chi connectivity index (χ0v) is 16.2. The lowest BCUT2D eigenvalue weighted by Gasteiger charge is -2.26. The van der Waals surface area contributed by atoms with Crippen LogP contribution in [0.4, 0.5) is 0 Å². The Morgan fingerprint density at radius 3 is 2.50 bits per heavy atom. The molecule has 0 radical (unpaired) electrons. The zero-order chi connectivity index (χ0) is 20.0. The minimum atomic E-state index is -3.74. The highest BCUT2D eigenvalue weighted by atomic mass is 32.2. The topological polar surface area (TPSA) is 82.1 Å². The van der Waals surface area contributed by atoms with Crippen molar-refractivity contribution >= 4 is 22.1 Å². The van der Waals surface area contributed by atoms with Crippen molar-refractivity contribution in [1.29, 1.82) is 0 Å². The van der Waals surface area contributed by atoms with E-state index in [9.17, 15) is 13.2 Å². The van der Waals surface area contributed by atoms with Crippen molar-refractivity contribution in [3.8, 4) is 11.5 Å². The fourth-order valence-corrected chi connectivity index (χ4v) is 4.33. The molecule has 0 saturated carbocycles. The van der Waals surface area contributed by atoms with E-state index in [0.717, 1.165) is 0 Å². The lowest BCUT2D eigenvalue weighted by atomic mass is 10.2. The Bertz CT molecular complexity index is 950. The number of para-hydroxylation sites is 1. The summed E-state index contributed by atoms with van der Waals surface area (Å²) in [5.74, 6) is 0.123. The lowest BCUT2D eigenvalue weighted by Crippen LogP contribution is -2.40. The summed E-state index contributed by atoms with van der Waals surface area (Å²) in [6, 6.07) is 13.4. The molecule has 0 aliphatic carbocycles. The maximum Gasteiger partial charge on any atom is 0.336 e. The standard InChI is InChI=1S/C20H21NO6S/c1-25-18-9-7-16(8-10-20(22)27-17-5-3-2-4-6-17)15-19(18)28(23,24)21-11-13-26-14-12-21/h2-10,15H,11-14H2,1H3/b10-8+. The van der Waals surface area contributed by atoms with Crippen LogP contribution in [0, 0.1) is 0 Å². The van der Waals surface area contributed by atoms with Gasteiger partial charge in [-0.1, -0.05) is 24.3 Å². The fourth-order valence-electron chi connectivity index (χ4n) is 2.73. The highest BCUT2D eigenvalue weighted by Crippen LogP contribution is 2.28. The van der Waals surface area contributed by atoms with E-state index < -0.39 is 16.0 Å². The Morgan fingerprint density at radius 2 is 1.82 bits per heavy atom. The van der Waals surface area contributed by atoms with E-state index in [1.54, 1.807) is 36.4 Å². The molecule has 2 aromatic carbocycles. The number of sulfonamides is 1. The van der Waals surface area contributed by atoms with Gasteiger partial charge in [-0.3, -0.25) is 0 Å². The third-order valence-corrected chi connectivity index (χ3v) is 6.07. The largest absolute Gasteiger partial charge is 0.495 e. The van der Waals surface area contributed by atoms with Gasteiger partial charge < -0.3 is 14.2 Å². The number of hydrogen-bond donors (Lipinski definition) is 0. The molecule has 8 heteroatoms. The number of benzene rings is 2. The van der Waals surface area contributed by atoms with E-state index in [-0.39, 0.29) is 23.7 Å². The molecule has 1 saturated heterocycles. The van der Waals surface area contributed by atoms with Crippen LogP contribution in [-0.4, -0.2) is 52.1 Å². The van der Waals surface area contributed by atoms with Gasteiger partial charge in [0.2, 0.25) is 10.0 Å². The number of hydrogen-bond acceptors (Lipinski definition) is 6. The summed E-state index contributed by atoms with van der Waals surface area (Å²) in [6.45, 7) is 1.28. The summed E-state index contributed by atoms with van der Waals surface area (Å²) in [6.07, 6.45) is 2.75. The van der Waals surface area contributed by atoms with Crippen molar-refractivity contribution in [1.82, 2.24) is 4.31 Å². The first kappa shape index (κ1) is 20.1. The normalized spacial score (nSPS) is 15.5. The van der Waals surface area contributed by atoms with Crippen molar-refractivity contribution in [2.45, 2.75) is 4.90 Å². The monoisotopic (exact) mass is 403 g/mol. The molecule has 1 heterocycles. The van der Waals surface area contributed by atoms with Gasteiger partial charge in [0.05, 0.1) is 20.3 Å². The van der Waals surface area contributed by atoms with Crippen molar-refractivity contribution in [2.24, 2.45) is 0 Å². The average Bonchev–Trinajstić information content (AvgIpc) is 2.73. The van der Waals surface area contributed by atoms with Gasteiger partial charge in [0.1, 0.15) is 16.4 Å². The molecule has 28 heavy (non-hydrogen) atoms. The van der Waals surface area contributed by atoms with Crippen LogP contribution in [0.1, 0.15) is 5.56 Å². The molecule has 1 aliphatic rings. The Hall–Kier alpha value is -2.68. The molecule has 148 valence electrons. The van der Waals surface area contributed by atoms with Crippen molar-refractivity contribution < 1.29 is 27.4 Å². The van der Waals surface area contributed by atoms with Crippen LogP contribution >= 0.6 is 0 Å². The number of carbonyl (C=O) groups is 1. The predicted octanol–water partition coefficient (Wildman–Crippen LogP) is 2.33. The van der Waals surface area contributed by atoms with E-state index in [1.165, 1.54) is 29.6 Å². The number of carbonyl (C=O) groups excluding carboxylic acids is 1. The first-order valence-electron chi connectivity index (χ1n) is 8.71. The summed E-state index contributed by atoms with van der Waals surface area (Å²) in [5.41, 5.74) is 0.539. The van der Waals surface area contributed by atoms with Gasteiger partial charge in [0.15, 0.2) is 0 Å². The Balaban J connectivity index is 1.81. The minimum Gasteiger partial charge on any atom is -0.495 e. The molecular weight excluding hydrogens is 382 g/mol. The SMILES string of the molecule is COc1ccc(/C=C/C(=O)Oc2ccccc2)cc1S(=O)(=O)N1CCOCC1. The first-order valence-corrected chi connectivity index (χ1v) is 10.2. The predicted molar refractivity (Wildman–Crippen MR) is 104 cm³/mol. The number of methoxy groups -OCH3 is 1. The van der Waals surface area contributed by atoms with Gasteiger partial charge in [0, 0.05) is 19.2 Å². The van der Waals surface area contributed by atoms with Crippen LogP contribution in [-0.2, 0) is 19.6 Å². The van der Waals surface area contributed by atoms with Crippen LogP contribution in [0.25, 0.3) is 6.08 Å². The maximum atomic E-state index is 13.0. The van der Waals surface area contributed by atoms with Crippen molar-refractivity contribution in [2.75, 3.05) is 33.4 Å². The molecule has 1 fully saturated rings.